The highest BCUT2D eigenvalue weighted by Crippen LogP contribution is 2.23. The molecule has 0 saturated carbocycles. The Hall–Kier alpha value is -3.12. The maximum Gasteiger partial charge on any atom is 0.261 e. The van der Waals surface area contributed by atoms with Crippen molar-refractivity contribution in [3.63, 3.8) is 0 Å². The number of para-hydroxylation sites is 1. The van der Waals surface area contributed by atoms with E-state index in [0.29, 0.717) is 11.3 Å². The number of hydrogen-bond donors (Lipinski definition) is 2. The Balaban J connectivity index is 1.86. The summed E-state index contributed by atoms with van der Waals surface area (Å²) in [7, 11) is -3.74. The van der Waals surface area contributed by atoms with E-state index < -0.39 is 10.0 Å². The Morgan fingerprint density at radius 1 is 0.786 bits per heavy atom. The zero-order chi connectivity index (χ0) is 20.3. The second-order valence-electron chi connectivity index (χ2n) is 6.72. The molecule has 0 aliphatic heterocycles. The molecule has 1 amide bonds. The van der Waals surface area contributed by atoms with E-state index in [4.69, 9.17) is 0 Å². The van der Waals surface area contributed by atoms with E-state index in [2.05, 4.69) is 10.0 Å². The SMILES string of the molecule is Cc1ccc(S(=O)(=O)Nc2cc(C(=O)Nc3ccccc3C)ccc2C)cc1. The van der Waals surface area contributed by atoms with Gasteiger partial charge in [-0.05, 0) is 62.2 Å². The minimum absolute atomic E-state index is 0.173. The molecule has 5 nitrogen and oxygen atoms in total. The zero-order valence-corrected chi connectivity index (χ0v) is 16.8. The van der Waals surface area contributed by atoms with E-state index in [1.54, 1.807) is 49.4 Å². The first kappa shape index (κ1) is 19.6. The Morgan fingerprint density at radius 2 is 1.43 bits per heavy atom. The van der Waals surface area contributed by atoms with Crippen LogP contribution in [0, 0.1) is 20.8 Å². The van der Waals surface area contributed by atoms with Crippen molar-refractivity contribution in [1.82, 2.24) is 0 Å². The van der Waals surface area contributed by atoms with E-state index in [0.717, 1.165) is 22.4 Å². The molecule has 0 fully saturated rings. The minimum Gasteiger partial charge on any atom is -0.322 e. The van der Waals surface area contributed by atoms with Crippen LogP contribution >= 0.6 is 0 Å². The van der Waals surface area contributed by atoms with Gasteiger partial charge in [0.1, 0.15) is 0 Å². The number of nitrogens with one attached hydrogen (secondary N) is 2. The molecule has 3 aromatic carbocycles. The summed E-state index contributed by atoms with van der Waals surface area (Å²) >= 11 is 0. The van der Waals surface area contributed by atoms with E-state index in [1.807, 2.05) is 38.1 Å². The Kier molecular flexibility index (Phi) is 5.51. The quantitative estimate of drug-likeness (QED) is 0.661. The number of sulfonamides is 1. The van der Waals surface area contributed by atoms with Gasteiger partial charge in [0.05, 0.1) is 10.6 Å². The summed E-state index contributed by atoms with van der Waals surface area (Å²) in [6.45, 7) is 5.59. The summed E-state index contributed by atoms with van der Waals surface area (Å²) < 4.78 is 27.9. The number of aryl methyl sites for hydroxylation is 3. The van der Waals surface area contributed by atoms with Crippen molar-refractivity contribution in [3.05, 3.63) is 89.0 Å². The van der Waals surface area contributed by atoms with Crippen molar-refractivity contribution < 1.29 is 13.2 Å². The molecule has 0 spiro atoms. The summed E-state index contributed by atoms with van der Waals surface area (Å²) in [5, 5.41) is 2.86. The molecule has 0 aliphatic carbocycles. The Bertz CT molecular complexity index is 1120. The number of rotatable bonds is 5. The van der Waals surface area contributed by atoms with Crippen LogP contribution in [0.3, 0.4) is 0 Å². The zero-order valence-electron chi connectivity index (χ0n) is 16.0. The lowest BCUT2D eigenvalue weighted by Gasteiger charge is -2.13. The molecule has 0 saturated heterocycles. The normalized spacial score (nSPS) is 11.1. The second-order valence-corrected chi connectivity index (χ2v) is 8.40. The molecule has 0 bridgehead atoms. The van der Waals surface area contributed by atoms with Crippen LogP contribution in [-0.2, 0) is 10.0 Å². The van der Waals surface area contributed by atoms with Crippen LogP contribution < -0.4 is 10.0 Å². The van der Waals surface area contributed by atoms with Crippen molar-refractivity contribution in [3.8, 4) is 0 Å². The van der Waals surface area contributed by atoms with Crippen molar-refractivity contribution in [1.29, 1.82) is 0 Å². The molecule has 2 N–H and O–H groups in total. The molecule has 3 aromatic rings. The lowest BCUT2D eigenvalue weighted by molar-refractivity contribution is 0.102. The van der Waals surface area contributed by atoms with Gasteiger partial charge in [-0.25, -0.2) is 8.42 Å². The molecule has 0 heterocycles. The lowest BCUT2D eigenvalue weighted by atomic mass is 10.1. The number of carbonyl (C=O) groups excluding carboxylic acids is 1. The van der Waals surface area contributed by atoms with Crippen LogP contribution in [-0.4, -0.2) is 14.3 Å². The fraction of sp³-hybridized carbons (Fsp3) is 0.136. The summed E-state index contributed by atoms with van der Waals surface area (Å²) in [5.74, 6) is -0.301. The Labute approximate surface area is 165 Å². The number of carbonyl (C=O) groups is 1. The molecular formula is C22H22N2O3S. The predicted molar refractivity (Wildman–Crippen MR) is 112 cm³/mol. The average molecular weight is 394 g/mol. The highest BCUT2D eigenvalue weighted by atomic mass is 32.2. The van der Waals surface area contributed by atoms with Crippen molar-refractivity contribution in [2.45, 2.75) is 25.7 Å². The van der Waals surface area contributed by atoms with Gasteiger partial charge in [-0.15, -0.1) is 0 Å². The van der Waals surface area contributed by atoms with E-state index >= 15 is 0 Å². The predicted octanol–water partition coefficient (Wildman–Crippen LogP) is 4.66. The number of hydrogen-bond acceptors (Lipinski definition) is 3. The average Bonchev–Trinajstić information content (AvgIpc) is 2.65. The third-order valence-electron chi connectivity index (χ3n) is 4.47. The maximum absolute atomic E-state index is 12.7. The van der Waals surface area contributed by atoms with Crippen LogP contribution in [0.25, 0.3) is 0 Å². The molecule has 0 unspecified atom stereocenters. The summed E-state index contributed by atoms with van der Waals surface area (Å²) in [4.78, 5) is 12.8. The first-order chi connectivity index (χ1) is 13.3. The molecule has 0 radical (unpaired) electrons. The topological polar surface area (TPSA) is 75.3 Å². The number of benzene rings is 3. The van der Waals surface area contributed by atoms with Gasteiger partial charge in [0.15, 0.2) is 0 Å². The monoisotopic (exact) mass is 394 g/mol. The number of anilines is 2. The summed E-state index contributed by atoms with van der Waals surface area (Å²) in [6, 6.07) is 19.0. The molecule has 0 aromatic heterocycles. The van der Waals surface area contributed by atoms with Gasteiger partial charge < -0.3 is 5.32 Å². The molecule has 28 heavy (non-hydrogen) atoms. The first-order valence-electron chi connectivity index (χ1n) is 8.83. The molecule has 0 atom stereocenters. The molecule has 0 aliphatic rings. The minimum atomic E-state index is -3.74. The third-order valence-corrected chi connectivity index (χ3v) is 5.85. The van der Waals surface area contributed by atoms with Gasteiger partial charge in [0.25, 0.3) is 15.9 Å². The highest BCUT2D eigenvalue weighted by Gasteiger charge is 2.17. The van der Waals surface area contributed by atoms with Crippen molar-refractivity contribution in [2.75, 3.05) is 10.0 Å². The standard InChI is InChI=1S/C22H22N2O3S/c1-15-8-12-19(13-9-15)28(26,27)24-21-14-18(11-10-17(21)3)22(25)23-20-7-5-4-6-16(20)2/h4-14,24H,1-3H3,(H,23,25). The van der Waals surface area contributed by atoms with Gasteiger partial charge in [-0.1, -0.05) is 42.0 Å². The van der Waals surface area contributed by atoms with Gasteiger partial charge >= 0.3 is 0 Å². The number of amides is 1. The summed E-state index contributed by atoms with van der Waals surface area (Å²) in [6.07, 6.45) is 0. The molecule has 3 rings (SSSR count). The van der Waals surface area contributed by atoms with Crippen LogP contribution in [0.4, 0.5) is 11.4 Å². The lowest BCUT2D eigenvalue weighted by Crippen LogP contribution is -2.16. The first-order valence-corrected chi connectivity index (χ1v) is 10.3. The van der Waals surface area contributed by atoms with Crippen LogP contribution in [0.2, 0.25) is 0 Å². The van der Waals surface area contributed by atoms with Gasteiger partial charge in [0, 0.05) is 11.3 Å². The largest absolute Gasteiger partial charge is 0.322 e. The fourth-order valence-corrected chi connectivity index (χ4v) is 3.82. The van der Waals surface area contributed by atoms with Crippen LogP contribution in [0.5, 0.6) is 0 Å². The second kappa shape index (κ2) is 7.86. The van der Waals surface area contributed by atoms with Gasteiger partial charge in [0.2, 0.25) is 0 Å². The van der Waals surface area contributed by atoms with Crippen LogP contribution in [0.1, 0.15) is 27.0 Å². The third kappa shape index (κ3) is 4.40. The van der Waals surface area contributed by atoms with Gasteiger partial charge in [-0.3, -0.25) is 9.52 Å². The molecular weight excluding hydrogens is 372 g/mol. The van der Waals surface area contributed by atoms with E-state index in [9.17, 15) is 13.2 Å². The maximum atomic E-state index is 12.7. The smallest absolute Gasteiger partial charge is 0.261 e. The van der Waals surface area contributed by atoms with E-state index in [1.165, 1.54) is 0 Å². The molecule has 6 heteroatoms. The molecule has 144 valence electrons. The Morgan fingerprint density at radius 3 is 2.11 bits per heavy atom. The van der Waals surface area contributed by atoms with Crippen molar-refractivity contribution >= 4 is 27.3 Å². The fourth-order valence-electron chi connectivity index (χ4n) is 2.70. The van der Waals surface area contributed by atoms with E-state index in [-0.39, 0.29) is 10.8 Å². The highest BCUT2D eigenvalue weighted by molar-refractivity contribution is 7.92. The van der Waals surface area contributed by atoms with Crippen LogP contribution in [0.15, 0.2) is 71.6 Å². The summed E-state index contributed by atoms with van der Waals surface area (Å²) in [5.41, 5.74) is 4.11. The van der Waals surface area contributed by atoms with Gasteiger partial charge in [-0.2, -0.15) is 0 Å². The van der Waals surface area contributed by atoms with Crippen molar-refractivity contribution in [2.24, 2.45) is 0 Å².